The molecule has 1 unspecified atom stereocenters. The van der Waals surface area contributed by atoms with E-state index in [1.165, 1.54) is 11.1 Å². The Labute approximate surface area is 98.2 Å². The second-order valence-corrected chi connectivity index (χ2v) is 4.42. The molecular formula is C13H22N2O. The first-order chi connectivity index (χ1) is 7.54. The minimum Gasteiger partial charge on any atom is -0.398 e. The fourth-order valence-electron chi connectivity index (χ4n) is 1.66. The van der Waals surface area contributed by atoms with Gasteiger partial charge in [-0.05, 0) is 32.5 Å². The van der Waals surface area contributed by atoms with Crippen LogP contribution in [0.3, 0.4) is 0 Å². The number of hydrogen-bond donors (Lipinski definition) is 1. The van der Waals surface area contributed by atoms with Crippen molar-refractivity contribution in [3.63, 3.8) is 0 Å². The average molecular weight is 222 g/mol. The van der Waals surface area contributed by atoms with Crippen LogP contribution in [0.15, 0.2) is 18.2 Å². The van der Waals surface area contributed by atoms with Crippen LogP contribution in [0, 0.1) is 6.92 Å². The van der Waals surface area contributed by atoms with Crippen molar-refractivity contribution in [2.75, 3.05) is 26.5 Å². The number of benzene rings is 1. The van der Waals surface area contributed by atoms with Gasteiger partial charge in [0.15, 0.2) is 0 Å². The van der Waals surface area contributed by atoms with Crippen molar-refractivity contribution >= 4 is 5.69 Å². The second kappa shape index (κ2) is 5.87. The Morgan fingerprint density at radius 2 is 2.12 bits per heavy atom. The van der Waals surface area contributed by atoms with E-state index in [1.807, 2.05) is 12.1 Å². The first-order valence-corrected chi connectivity index (χ1v) is 5.58. The number of methoxy groups -OCH3 is 1. The monoisotopic (exact) mass is 222 g/mol. The number of nitrogens with zero attached hydrogens (tertiary/aromatic N) is 1. The molecule has 1 aromatic carbocycles. The third-order valence-corrected chi connectivity index (χ3v) is 2.88. The van der Waals surface area contributed by atoms with Gasteiger partial charge in [0.25, 0.3) is 0 Å². The van der Waals surface area contributed by atoms with Crippen LogP contribution in [-0.2, 0) is 11.3 Å². The smallest absolute Gasteiger partial charge is 0.0615 e. The summed E-state index contributed by atoms with van der Waals surface area (Å²) in [5, 5.41) is 0. The fourth-order valence-corrected chi connectivity index (χ4v) is 1.66. The molecule has 0 saturated carbocycles. The van der Waals surface area contributed by atoms with Crippen molar-refractivity contribution in [2.45, 2.75) is 26.4 Å². The maximum absolute atomic E-state index is 5.95. The molecule has 16 heavy (non-hydrogen) atoms. The van der Waals surface area contributed by atoms with Gasteiger partial charge in [-0.1, -0.05) is 17.7 Å². The molecule has 0 bridgehead atoms. The summed E-state index contributed by atoms with van der Waals surface area (Å²) in [5.41, 5.74) is 9.25. The molecule has 1 atom stereocenters. The van der Waals surface area contributed by atoms with Crippen LogP contribution in [0.25, 0.3) is 0 Å². The van der Waals surface area contributed by atoms with Crippen LogP contribution in [0.4, 0.5) is 5.69 Å². The third-order valence-electron chi connectivity index (χ3n) is 2.88. The number of nitrogens with two attached hydrogens (primary N) is 1. The van der Waals surface area contributed by atoms with E-state index in [0.29, 0.717) is 6.04 Å². The van der Waals surface area contributed by atoms with Gasteiger partial charge in [-0.15, -0.1) is 0 Å². The second-order valence-electron chi connectivity index (χ2n) is 4.42. The van der Waals surface area contributed by atoms with Crippen molar-refractivity contribution in [3.05, 3.63) is 29.3 Å². The Morgan fingerprint density at radius 1 is 1.44 bits per heavy atom. The molecule has 0 aliphatic heterocycles. The van der Waals surface area contributed by atoms with Crippen molar-refractivity contribution in [2.24, 2.45) is 0 Å². The number of aryl methyl sites for hydroxylation is 1. The highest BCUT2D eigenvalue weighted by molar-refractivity contribution is 5.48. The lowest BCUT2D eigenvalue weighted by Crippen LogP contribution is -2.32. The molecule has 0 spiro atoms. The van der Waals surface area contributed by atoms with E-state index >= 15 is 0 Å². The molecule has 3 nitrogen and oxygen atoms in total. The van der Waals surface area contributed by atoms with Gasteiger partial charge in [-0.2, -0.15) is 0 Å². The summed E-state index contributed by atoms with van der Waals surface area (Å²) >= 11 is 0. The number of nitrogen functional groups attached to an aromatic ring is 1. The first-order valence-electron chi connectivity index (χ1n) is 5.58. The molecule has 1 aromatic rings. The zero-order valence-corrected chi connectivity index (χ0v) is 10.7. The zero-order chi connectivity index (χ0) is 12.1. The molecule has 0 fully saturated rings. The molecule has 0 aromatic heterocycles. The molecular weight excluding hydrogens is 200 g/mol. The van der Waals surface area contributed by atoms with Crippen LogP contribution in [0.5, 0.6) is 0 Å². The number of anilines is 1. The van der Waals surface area contributed by atoms with Gasteiger partial charge in [0.2, 0.25) is 0 Å². The van der Waals surface area contributed by atoms with Gasteiger partial charge < -0.3 is 10.5 Å². The van der Waals surface area contributed by atoms with Gasteiger partial charge >= 0.3 is 0 Å². The van der Waals surface area contributed by atoms with Crippen LogP contribution in [0.2, 0.25) is 0 Å². The Kier molecular flexibility index (Phi) is 4.77. The summed E-state index contributed by atoms with van der Waals surface area (Å²) < 4.78 is 5.14. The first kappa shape index (κ1) is 13.0. The lowest BCUT2D eigenvalue weighted by atomic mass is 10.1. The summed E-state index contributed by atoms with van der Waals surface area (Å²) in [5.74, 6) is 0. The van der Waals surface area contributed by atoms with E-state index in [-0.39, 0.29) is 0 Å². The zero-order valence-electron chi connectivity index (χ0n) is 10.7. The number of hydrogen-bond acceptors (Lipinski definition) is 3. The summed E-state index contributed by atoms with van der Waals surface area (Å²) in [4.78, 5) is 2.24. The highest BCUT2D eigenvalue weighted by atomic mass is 16.5. The standard InChI is InChI=1S/C13H22N2O/c1-10-5-6-13(14)12(7-10)8-15(3)11(2)9-16-4/h5-7,11H,8-9,14H2,1-4H3. The summed E-state index contributed by atoms with van der Waals surface area (Å²) in [6, 6.07) is 6.55. The van der Waals surface area contributed by atoms with Crippen molar-refractivity contribution in [3.8, 4) is 0 Å². The Morgan fingerprint density at radius 3 is 2.75 bits per heavy atom. The van der Waals surface area contributed by atoms with E-state index in [2.05, 4.69) is 31.9 Å². The Hall–Kier alpha value is -1.06. The van der Waals surface area contributed by atoms with Crippen molar-refractivity contribution < 1.29 is 4.74 Å². The number of likely N-dealkylation sites (N-methyl/N-ethyl adjacent to an activating group) is 1. The molecule has 3 heteroatoms. The molecule has 0 amide bonds. The lowest BCUT2D eigenvalue weighted by molar-refractivity contribution is 0.112. The summed E-state index contributed by atoms with van der Waals surface area (Å²) in [7, 11) is 3.82. The highest BCUT2D eigenvalue weighted by Crippen LogP contribution is 2.16. The van der Waals surface area contributed by atoms with Crippen LogP contribution in [-0.4, -0.2) is 31.7 Å². The lowest BCUT2D eigenvalue weighted by Gasteiger charge is -2.24. The van der Waals surface area contributed by atoms with E-state index in [4.69, 9.17) is 10.5 Å². The highest BCUT2D eigenvalue weighted by Gasteiger charge is 2.10. The minimum absolute atomic E-state index is 0.393. The van der Waals surface area contributed by atoms with E-state index in [9.17, 15) is 0 Å². The average Bonchev–Trinajstić information content (AvgIpc) is 2.23. The molecule has 0 aliphatic rings. The Bertz CT molecular complexity index is 339. The van der Waals surface area contributed by atoms with E-state index < -0.39 is 0 Å². The predicted octanol–water partition coefficient (Wildman–Crippen LogP) is 2.04. The topological polar surface area (TPSA) is 38.5 Å². The van der Waals surface area contributed by atoms with Crippen molar-refractivity contribution in [1.82, 2.24) is 4.90 Å². The summed E-state index contributed by atoms with van der Waals surface area (Å²) in [6.07, 6.45) is 0. The Balaban J connectivity index is 2.68. The molecule has 90 valence electrons. The van der Waals surface area contributed by atoms with E-state index in [1.54, 1.807) is 7.11 Å². The fraction of sp³-hybridized carbons (Fsp3) is 0.538. The number of rotatable bonds is 5. The van der Waals surface area contributed by atoms with Gasteiger partial charge in [0.05, 0.1) is 6.61 Å². The minimum atomic E-state index is 0.393. The van der Waals surface area contributed by atoms with Crippen LogP contribution >= 0.6 is 0 Å². The van der Waals surface area contributed by atoms with Gasteiger partial charge in [0, 0.05) is 25.4 Å². The van der Waals surface area contributed by atoms with Gasteiger partial charge in [-0.25, -0.2) is 0 Å². The maximum Gasteiger partial charge on any atom is 0.0615 e. The SMILES string of the molecule is COCC(C)N(C)Cc1cc(C)ccc1N. The molecule has 0 radical (unpaired) electrons. The van der Waals surface area contributed by atoms with Crippen LogP contribution in [0.1, 0.15) is 18.1 Å². The van der Waals surface area contributed by atoms with E-state index in [0.717, 1.165) is 18.8 Å². The molecule has 0 saturated heterocycles. The van der Waals surface area contributed by atoms with Crippen LogP contribution < -0.4 is 5.73 Å². The van der Waals surface area contributed by atoms with Crippen molar-refractivity contribution in [1.29, 1.82) is 0 Å². The number of ether oxygens (including phenoxy) is 1. The third kappa shape index (κ3) is 3.51. The summed E-state index contributed by atoms with van der Waals surface area (Å²) in [6.45, 7) is 5.83. The van der Waals surface area contributed by atoms with Gasteiger partial charge in [-0.3, -0.25) is 4.90 Å². The largest absolute Gasteiger partial charge is 0.398 e. The molecule has 1 rings (SSSR count). The predicted molar refractivity (Wildman–Crippen MR) is 68.4 cm³/mol. The quantitative estimate of drug-likeness (QED) is 0.775. The molecule has 0 heterocycles. The van der Waals surface area contributed by atoms with Gasteiger partial charge in [0.1, 0.15) is 0 Å². The molecule has 2 N–H and O–H groups in total. The maximum atomic E-state index is 5.95. The molecule has 0 aliphatic carbocycles. The normalized spacial score (nSPS) is 13.1.